The first-order valence-electron chi connectivity index (χ1n) is 8.13. The van der Waals surface area contributed by atoms with Crippen LogP contribution < -0.4 is 5.43 Å². The highest BCUT2D eigenvalue weighted by Crippen LogP contribution is 2.52. The van der Waals surface area contributed by atoms with Crippen molar-refractivity contribution < 1.29 is 4.79 Å². The number of nitrogens with one attached hydrogen (secondary N) is 1. The zero-order valence-electron chi connectivity index (χ0n) is 12.5. The minimum atomic E-state index is -0.0868. The van der Waals surface area contributed by atoms with Gasteiger partial charge in [-0.05, 0) is 74.8 Å². The fourth-order valence-electron chi connectivity index (χ4n) is 4.73. The van der Waals surface area contributed by atoms with Crippen molar-refractivity contribution in [1.82, 2.24) is 5.43 Å². The van der Waals surface area contributed by atoms with Crippen LogP contribution >= 0.6 is 0 Å². The van der Waals surface area contributed by atoms with Gasteiger partial charge in [-0.1, -0.05) is 17.7 Å². The summed E-state index contributed by atoms with van der Waals surface area (Å²) in [5, 5.41) is 4.54. The Morgan fingerprint density at radius 3 is 2.14 bits per heavy atom. The van der Waals surface area contributed by atoms with Crippen molar-refractivity contribution in [3.05, 3.63) is 35.4 Å². The number of aryl methyl sites for hydroxylation is 1. The van der Waals surface area contributed by atoms with Gasteiger partial charge in [-0.15, -0.1) is 0 Å². The molecule has 0 aliphatic heterocycles. The van der Waals surface area contributed by atoms with E-state index in [1.807, 2.05) is 31.2 Å². The van der Waals surface area contributed by atoms with E-state index < -0.39 is 0 Å². The largest absolute Gasteiger partial charge is 0.271 e. The second kappa shape index (κ2) is 4.97. The monoisotopic (exact) mass is 282 g/mol. The molecule has 0 saturated heterocycles. The molecule has 4 aliphatic carbocycles. The summed E-state index contributed by atoms with van der Waals surface area (Å²) in [7, 11) is 0. The smallest absolute Gasteiger partial charge is 0.267 e. The van der Waals surface area contributed by atoms with Crippen molar-refractivity contribution in [2.24, 2.45) is 28.8 Å². The Morgan fingerprint density at radius 1 is 1.00 bits per heavy atom. The number of hydrogen-bond acceptors (Lipinski definition) is 2. The van der Waals surface area contributed by atoms with Crippen molar-refractivity contribution in [2.75, 3.05) is 0 Å². The molecule has 4 bridgehead atoms. The number of hydrogen-bond donors (Lipinski definition) is 1. The lowest BCUT2D eigenvalue weighted by atomic mass is 9.55. The maximum atomic E-state index is 12.2. The third-order valence-electron chi connectivity index (χ3n) is 5.57. The molecule has 5 rings (SSSR count). The number of benzene rings is 1. The molecule has 0 heterocycles. The number of nitrogens with zero attached hydrogens (tertiary/aromatic N) is 1. The molecule has 1 aromatic rings. The number of hydrazone groups is 1. The van der Waals surface area contributed by atoms with E-state index in [1.165, 1.54) is 43.4 Å². The van der Waals surface area contributed by atoms with Gasteiger partial charge < -0.3 is 0 Å². The van der Waals surface area contributed by atoms with Gasteiger partial charge in [0, 0.05) is 11.3 Å². The molecule has 4 saturated carbocycles. The molecule has 3 heteroatoms. The van der Waals surface area contributed by atoms with Gasteiger partial charge in [0.05, 0.1) is 0 Å². The molecule has 0 spiro atoms. The van der Waals surface area contributed by atoms with Crippen molar-refractivity contribution in [1.29, 1.82) is 0 Å². The molecule has 110 valence electrons. The van der Waals surface area contributed by atoms with Crippen LogP contribution in [0.15, 0.2) is 29.4 Å². The van der Waals surface area contributed by atoms with Crippen molar-refractivity contribution in [3.8, 4) is 0 Å². The van der Waals surface area contributed by atoms with E-state index in [-0.39, 0.29) is 5.91 Å². The molecule has 1 aromatic carbocycles. The summed E-state index contributed by atoms with van der Waals surface area (Å²) in [4.78, 5) is 12.2. The highest BCUT2D eigenvalue weighted by Gasteiger charge is 2.46. The van der Waals surface area contributed by atoms with Crippen LogP contribution in [0.1, 0.15) is 48.0 Å². The molecule has 0 aromatic heterocycles. The standard InChI is InChI=1S/C18H22N2O/c1-11-2-4-14(5-3-11)18(21)20-19-17-15-7-12-6-13(9-15)10-16(17)8-12/h2-5,12-13,15-16H,6-10H2,1H3,(H,20,21). The van der Waals surface area contributed by atoms with Gasteiger partial charge >= 0.3 is 0 Å². The fraction of sp³-hybridized carbons (Fsp3) is 0.556. The van der Waals surface area contributed by atoms with E-state index >= 15 is 0 Å². The Kier molecular flexibility index (Phi) is 3.09. The third kappa shape index (κ3) is 2.39. The number of carbonyl (C=O) groups excluding carboxylic acids is 1. The predicted molar refractivity (Wildman–Crippen MR) is 83.1 cm³/mol. The summed E-state index contributed by atoms with van der Waals surface area (Å²) in [6, 6.07) is 7.65. The van der Waals surface area contributed by atoms with E-state index in [1.54, 1.807) is 0 Å². The Labute approximate surface area is 125 Å². The van der Waals surface area contributed by atoms with Gasteiger partial charge in [-0.3, -0.25) is 4.79 Å². The van der Waals surface area contributed by atoms with Crippen LogP contribution in [0.3, 0.4) is 0 Å². The zero-order chi connectivity index (χ0) is 14.4. The zero-order valence-corrected chi connectivity index (χ0v) is 12.5. The molecule has 4 aliphatic rings. The molecular formula is C18H22N2O. The highest BCUT2D eigenvalue weighted by atomic mass is 16.2. The van der Waals surface area contributed by atoms with Crippen LogP contribution in [0.25, 0.3) is 0 Å². The van der Waals surface area contributed by atoms with Crippen molar-refractivity contribution in [2.45, 2.75) is 39.0 Å². The van der Waals surface area contributed by atoms with E-state index in [2.05, 4.69) is 10.5 Å². The Morgan fingerprint density at radius 2 is 1.57 bits per heavy atom. The molecular weight excluding hydrogens is 260 g/mol. The second-order valence-corrected chi connectivity index (χ2v) is 7.15. The average Bonchev–Trinajstić information content (AvgIpc) is 2.46. The third-order valence-corrected chi connectivity index (χ3v) is 5.57. The van der Waals surface area contributed by atoms with Gasteiger partial charge in [0.15, 0.2) is 0 Å². The minimum absolute atomic E-state index is 0.0868. The summed E-state index contributed by atoms with van der Waals surface area (Å²) in [6.07, 6.45) is 6.63. The molecule has 3 nitrogen and oxygen atoms in total. The predicted octanol–water partition coefficient (Wildman–Crippen LogP) is 3.54. The molecule has 1 N–H and O–H groups in total. The molecule has 0 radical (unpaired) electrons. The summed E-state index contributed by atoms with van der Waals surface area (Å²) in [5.74, 6) is 3.05. The summed E-state index contributed by atoms with van der Waals surface area (Å²) < 4.78 is 0. The van der Waals surface area contributed by atoms with Crippen molar-refractivity contribution >= 4 is 11.6 Å². The number of carbonyl (C=O) groups is 1. The van der Waals surface area contributed by atoms with Gasteiger partial charge in [0.2, 0.25) is 0 Å². The van der Waals surface area contributed by atoms with Crippen LogP contribution in [0.5, 0.6) is 0 Å². The summed E-state index contributed by atoms with van der Waals surface area (Å²) in [6.45, 7) is 2.02. The van der Waals surface area contributed by atoms with E-state index in [0.29, 0.717) is 17.4 Å². The van der Waals surface area contributed by atoms with Crippen LogP contribution in [0.4, 0.5) is 0 Å². The highest BCUT2D eigenvalue weighted by molar-refractivity contribution is 5.96. The second-order valence-electron chi connectivity index (χ2n) is 7.15. The van der Waals surface area contributed by atoms with Crippen LogP contribution in [0, 0.1) is 30.6 Å². The summed E-state index contributed by atoms with van der Waals surface area (Å²) in [5.41, 5.74) is 5.93. The lowest BCUT2D eigenvalue weighted by Crippen LogP contribution is -2.46. The SMILES string of the molecule is Cc1ccc(C(=O)NN=C2C3CC4CC(C3)CC2C4)cc1. The van der Waals surface area contributed by atoms with E-state index in [4.69, 9.17) is 0 Å². The van der Waals surface area contributed by atoms with E-state index in [9.17, 15) is 4.79 Å². The lowest BCUT2D eigenvalue weighted by molar-refractivity contribution is 0.0942. The van der Waals surface area contributed by atoms with Crippen LogP contribution in [0.2, 0.25) is 0 Å². The molecule has 0 atom stereocenters. The first kappa shape index (κ1) is 13.1. The first-order valence-corrected chi connectivity index (χ1v) is 8.13. The number of amides is 1. The van der Waals surface area contributed by atoms with E-state index in [0.717, 1.165) is 11.8 Å². The van der Waals surface area contributed by atoms with Crippen LogP contribution in [-0.2, 0) is 0 Å². The topological polar surface area (TPSA) is 41.5 Å². The maximum Gasteiger partial charge on any atom is 0.271 e. The Bertz CT molecular complexity index is 558. The Balaban J connectivity index is 1.48. The molecule has 1 amide bonds. The average molecular weight is 282 g/mol. The van der Waals surface area contributed by atoms with Crippen LogP contribution in [-0.4, -0.2) is 11.6 Å². The molecule has 4 fully saturated rings. The molecule has 0 unspecified atom stereocenters. The minimum Gasteiger partial charge on any atom is -0.267 e. The quantitative estimate of drug-likeness (QED) is 0.828. The van der Waals surface area contributed by atoms with Gasteiger partial charge in [-0.25, -0.2) is 5.43 Å². The summed E-state index contributed by atoms with van der Waals surface area (Å²) >= 11 is 0. The maximum absolute atomic E-state index is 12.2. The molecule has 21 heavy (non-hydrogen) atoms. The number of rotatable bonds is 2. The van der Waals surface area contributed by atoms with Gasteiger partial charge in [-0.2, -0.15) is 5.10 Å². The fourth-order valence-corrected chi connectivity index (χ4v) is 4.73. The van der Waals surface area contributed by atoms with Gasteiger partial charge in [0.1, 0.15) is 0 Å². The lowest BCUT2D eigenvalue weighted by Gasteiger charge is -2.50. The normalized spacial score (nSPS) is 33.1. The van der Waals surface area contributed by atoms with Crippen molar-refractivity contribution in [3.63, 3.8) is 0 Å². The first-order chi connectivity index (χ1) is 10.2. The van der Waals surface area contributed by atoms with Gasteiger partial charge in [0.25, 0.3) is 5.91 Å². The Hall–Kier alpha value is -1.64.